The monoisotopic (exact) mass is 496 g/mol. The van der Waals surface area contributed by atoms with E-state index in [1.807, 2.05) is 4.90 Å². The molecular formula is C27H26F2N2O5. The number of carboxylic acid groups (broad SMARTS) is 1. The van der Waals surface area contributed by atoms with E-state index in [2.05, 4.69) is 5.32 Å². The molecule has 3 aromatic carbocycles. The first kappa shape index (κ1) is 25.3. The number of para-hydroxylation sites is 1. The molecule has 1 aliphatic rings. The molecular weight excluding hydrogens is 470 g/mol. The molecule has 188 valence electrons. The van der Waals surface area contributed by atoms with Gasteiger partial charge in [0.15, 0.2) is 11.6 Å². The number of carboxylic acids is 1. The van der Waals surface area contributed by atoms with E-state index in [0.717, 1.165) is 5.56 Å². The van der Waals surface area contributed by atoms with Gasteiger partial charge in [-0.2, -0.15) is 0 Å². The second-order valence-electron chi connectivity index (χ2n) is 8.81. The van der Waals surface area contributed by atoms with E-state index in [-0.39, 0.29) is 29.1 Å². The van der Waals surface area contributed by atoms with Gasteiger partial charge in [0.25, 0.3) is 5.91 Å². The van der Waals surface area contributed by atoms with Crippen molar-refractivity contribution in [3.63, 3.8) is 0 Å². The average molecular weight is 497 g/mol. The molecule has 1 aliphatic carbocycles. The van der Waals surface area contributed by atoms with Crippen LogP contribution in [-0.4, -0.2) is 58.3 Å². The number of hydrogen-bond acceptors (Lipinski definition) is 5. The number of ether oxygens (including phenoxy) is 1. The summed E-state index contributed by atoms with van der Waals surface area (Å²) in [6.45, 7) is 0.355. The Hall–Kier alpha value is -3.82. The third kappa shape index (κ3) is 5.69. The fourth-order valence-corrected chi connectivity index (χ4v) is 4.52. The summed E-state index contributed by atoms with van der Waals surface area (Å²) < 4.78 is 33.3. The van der Waals surface area contributed by atoms with Crippen molar-refractivity contribution in [3.8, 4) is 5.75 Å². The van der Waals surface area contributed by atoms with Crippen LogP contribution in [0.2, 0.25) is 0 Å². The molecule has 0 aliphatic heterocycles. The minimum absolute atomic E-state index is 0.00211. The van der Waals surface area contributed by atoms with E-state index in [1.54, 1.807) is 25.2 Å². The van der Waals surface area contributed by atoms with E-state index in [0.29, 0.717) is 6.54 Å². The molecule has 1 saturated carbocycles. The molecule has 9 heteroatoms. The molecule has 3 aromatic rings. The lowest BCUT2D eigenvalue weighted by Gasteiger charge is -2.32. The van der Waals surface area contributed by atoms with E-state index < -0.39 is 42.0 Å². The van der Waals surface area contributed by atoms with Crippen molar-refractivity contribution in [3.05, 3.63) is 101 Å². The van der Waals surface area contributed by atoms with Crippen LogP contribution in [0.5, 0.6) is 5.75 Å². The van der Waals surface area contributed by atoms with Crippen molar-refractivity contribution in [2.24, 2.45) is 0 Å². The highest BCUT2D eigenvalue weighted by Crippen LogP contribution is 2.31. The van der Waals surface area contributed by atoms with Gasteiger partial charge in [-0.3, -0.25) is 9.69 Å². The fourth-order valence-electron chi connectivity index (χ4n) is 4.52. The third-order valence-corrected chi connectivity index (χ3v) is 6.31. The van der Waals surface area contributed by atoms with E-state index in [1.165, 1.54) is 54.6 Å². The molecule has 3 N–H and O–H groups in total. The van der Waals surface area contributed by atoms with Crippen LogP contribution in [-0.2, 0) is 6.54 Å². The number of hydrogen-bond donors (Lipinski definition) is 3. The summed E-state index contributed by atoms with van der Waals surface area (Å²) in [7, 11) is 1.77. The molecule has 4 rings (SSSR count). The predicted octanol–water partition coefficient (Wildman–Crippen LogP) is 3.47. The number of aliphatic hydroxyl groups excluding tert-OH is 1. The van der Waals surface area contributed by atoms with Gasteiger partial charge in [-0.1, -0.05) is 24.3 Å². The lowest BCUT2D eigenvalue weighted by Crippen LogP contribution is -2.51. The number of benzene rings is 3. The van der Waals surface area contributed by atoms with Gasteiger partial charge in [-0.15, -0.1) is 0 Å². The summed E-state index contributed by atoms with van der Waals surface area (Å²) in [5.41, 5.74) is 1.12. The van der Waals surface area contributed by atoms with Crippen LogP contribution < -0.4 is 10.1 Å². The van der Waals surface area contributed by atoms with Crippen molar-refractivity contribution in [1.82, 2.24) is 10.2 Å². The van der Waals surface area contributed by atoms with Crippen LogP contribution in [0.3, 0.4) is 0 Å². The number of rotatable bonds is 8. The Morgan fingerprint density at radius 1 is 1.00 bits per heavy atom. The lowest BCUT2D eigenvalue weighted by atomic mass is 10.1. The Labute approximate surface area is 206 Å². The minimum Gasteiger partial charge on any atom is -0.485 e. The molecule has 1 fully saturated rings. The molecule has 0 spiro atoms. The van der Waals surface area contributed by atoms with Gasteiger partial charge < -0.3 is 20.3 Å². The highest BCUT2D eigenvalue weighted by molar-refractivity contribution is 5.96. The highest BCUT2D eigenvalue weighted by atomic mass is 19.1. The Kier molecular flexibility index (Phi) is 7.61. The second-order valence-corrected chi connectivity index (χ2v) is 8.81. The predicted molar refractivity (Wildman–Crippen MR) is 128 cm³/mol. The summed E-state index contributed by atoms with van der Waals surface area (Å²) in [5.74, 6) is -2.48. The summed E-state index contributed by atoms with van der Waals surface area (Å²) in [5, 5.41) is 23.2. The van der Waals surface area contributed by atoms with E-state index in [4.69, 9.17) is 9.84 Å². The maximum Gasteiger partial charge on any atom is 0.335 e. The molecule has 4 atom stereocenters. The number of halogens is 2. The number of amides is 1. The molecule has 7 nitrogen and oxygen atoms in total. The van der Waals surface area contributed by atoms with Crippen LogP contribution in [0.25, 0.3) is 0 Å². The van der Waals surface area contributed by atoms with Gasteiger partial charge in [0.05, 0.1) is 17.6 Å². The molecule has 1 amide bonds. The quantitative estimate of drug-likeness (QED) is 0.442. The summed E-state index contributed by atoms with van der Waals surface area (Å²) in [6, 6.07) is 16.2. The summed E-state index contributed by atoms with van der Waals surface area (Å²) in [4.78, 5) is 25.9. The van der Waals surface area contributed by atoms with Crippen molar-refractivity contribution in [1.29, 1.82) is 0 Å². The van der Waals surface area contributed by atoms with Crippen LogP contribution in [0, 0.1) is 11.6 Å². The number of likely N-dealkylation sites (N-methyl/N-ethyl adjacent to an activating group) is 1. The van der Waals surface area contributed by atoms with E-state index >= 15 is 0 Å². The number of nitrogens with zero attached hydrogens (tertiary/aromatic N) is 1. The molecule has 36 heavy (non-hydrogen) atoms. The van der Waals surface area contributed by atoms with Gasteiger partial charge in [0.1, 0.15) is 18.0 Å². The van der Waals surface area contributed by atoms with Crippen molar-refractivity contribution in [2.45, 2.75) is 37.3 Å². The van der Waals surface area contributed by atoms with Crippen molar-refractivity contribution in [2.75, 3.05) is 7.05 Å². The minimum atomic E-state index is -1.10. The van der Waals surface area contributed by atoms with Gasteiger partial charge in [0, 0.05) is 18.5 Å². The molecule has 0 saturated heterocycles. The maximum atomic E-state index is 14.2. The molecule has 0 heterocycles. The first-order valence-electron chi connectivity index (χ1n) is 11.4. The number of aliphatic hydroxyl groups is 1. The molecule has 0 radical (unpaired) electrons. The Morgan fingerprint density at radius 2 is 1.64 bits per heavy atom. The zero-order valence-electron chi connectivity index (χ0n) is 19.5. The highest BCUT2D eigenvalue weighted by Gasteiger charge is 2.46. The Balaban J connectivity index is 1.55. The van der Waals surface area contributed by atoms with Gasteiger partial charge in [-0.05, 0) is 61.1 Å². The van der Waals surface area contributed by atoms with Crippen molar-refractivity contribution >= 4 is 11.9 Å². The van der Waals surface area contributed by atoms with Gasteiger partial charge in [-0.25, -0.2) is 13.6 Å². The molecule has 0 bridgehead atoms. The molecule has 0 unspecified atom stereocenters. The normalized spacial score (nSPS) is 21.4. The number of aromatic carboxylic acids is 1. The Morgan fingerprint density at radius 3 is 2.28 bits per heavy atom. The standard InChI is InChI=1S/C27H26F2N2O5/c1-31(15-16-6-12-19(28)13-7-16)24-21(30-26(33)17-8-10-18(11-9-17)27(34)35)14-23(25(24)32)36-22-5-3-2-4-20(22)29/h2-13,21,23-25,32H,14-15H2,1H3,(H,30,33)(H,34,35)/t21-,23-,24+,25+/m1/s1. The van der Waals surface area contributed by atoms with Gasteiger partial charge in [0.2, 0.25) is 0 Å². The SMILES string of the molecule is CN(Cc1ccc(F)cc1)[C@@H]1[C@@H](O)[C@H](Oc2ccccc2F)C[C@H]1NC(=O)c1ccc(C(=O)O)cc1. The first-order valence-corrected chi connectivity index (χ1v) is 11.4. The van der Waals surface area contributed by atoms with Crippen LogP contribution in [0.4, 0.5) is 8.78 Å². The van der Waals surface area contributed by atoms with Crippen LogP contribution >= 0.6 is 0 Å². The fraction of sp³-hybridized carbons (Fsp3) is 0.259. The maximum absolute atomic E-state index is 14.2. The number of nitrogens with one attached hydrogen (secondary N) is 1. The summed E-state index contributed by atoms with van der Waals surface area (Å²) in [6.07, 6.45) is -1.68. The van der Waals surface area contributed by atoms with Crippen molar-refractivity contribution < 1.29 is 33.3 Å². The average Bonchev–Trinajstić information content (AvgIpc) is 3.16. The lowest BCUT2D eigenvalue weighted by molar-refractivity contribution is 0.0112. The number of carbonyl (C=O) groups excluding carboxylic acids is 1. The molecule has 0 aromatic heterocycles. The van der Waals surface area contributed by atoms with Crippen LogP contribution in [0.15, 0.2) is 72.8 Å². The van der Waals surface area contributed by atoms with Crippen LogP contribution in [0.1, 0.15) is 32.7 Å². The first-order chi connectivity index (χ1) is 17.2. The topological polar surface area (TPSA) is 99.1 Å². The smallest absolute Gasteiger partial charge is 0.335 e. The third-order valence-electron chi connectivity index (χ3n) is 6.31. The Bertz CT molecular complexity index is 1220. The van der Waals surface area contributed by atoms with Gasteiger partial charge >= 0.3 is 5.97 Å². The largest absolute Gasteiger partial charge is 0.485 e. The summed E-state index contributed by atoms with van der Waals surface area (Å²) >= 11 is 0. The number of carbonyl (C=O) groups is 2. The second kappa shape index (κ2) is 10.8. The van der Waals surface area contributed by atoms with E-state index in [9.17, 15) is 23.5 Å². The zero-order chi connectivity index (χ0) is 25.8. The zero-order valence-corrected chi connectivity index (χ0v) is 19.5.